The number of hydrogen-bond acceptors (Lipinski definition) is 9. The van der Waals surface area contributed by atoms with Gasteiger partial charge in [-0.15, -0.1) is 10.2 Å². The molecule has 9 nitrogen and oxygen atoms in total. The maximum Gasteiger partial charge on any atom is 0.565 e. The van der Waals surface area contributed by atoms with Gasteiger partial charge in [0, 0.05) is 21.7 Å². The van der Waals surface area contributed by atoms with Crippen LogP contribution in [-0.2, 0) is 22.8 Å². The summed E-state index contributed by atoms with van der Waals surface area (Å²) in [5.41, 5.74) is 0.911. The molecule has 0 radical (unpaired) electrons. The summed E-state index contributed by atoms with van der Waals surface area (Å²) >= 11 is 0. The second kappa shape index (κ2) is 11.2. The summed E-state index contributed by atoms with van der Waals surface area (Å²) < 4.78 is 11.8. The van der Waals surface area contributed by atoms with Crippen LogP contribution in [0.15, 0.2) is 69.3 Å². The maximum absolute atomic E-state index is 11.6. The third kappa shape index (κ3) is 9.55. The van der Waals surface area contributed by atoms with Gasteiger partial charge < -0.3 is 9.47 Å². The van der Waals surface area contributed by atoms with Crippen LogP contribution in [0.25, 0.3) is 0 Å². The summed E-state index contributed by atoms with van der Waals surface area (Å²) in [4.78, 5) is 20.6. The Hall–Kier alpha value is -3.49. The Morgan fingerprint density at radius 2 is 1.06 bits per heavy atom. The van der Waals surface area contributed by atoms with Crippen molar-refractivity contribution in [2.75, 3.05) is 0 Å². The fourth-order valence-corrected chi connectivity index (χ4v) is 2.48. The van der Waals surface area contributed by atoms with E-state index in [1.165, 1.54) is 0 Å². The van der Waals surface area contributed by atoms with Gasteiger partial charge in [-0.3, -0.25) is 9.68 Å². The first-order valence-corrected chi connectivity index (χ1v) is 10.2. The monoisotopic (exact) mass is 442 g/mol. The smallest absolute Gasteiger partial charge is 0.488 e. The molecule has 0 fully saturated rings. The van der Waals surface area contributed by atoms with Crippen molar-refractivity contribution in [1.29, 1.82) is 0 Å². The predicted octanol–water partition coefficient (Wildman–Crippen LogP) is 6.63. The average molecular weight is 443 g/mol. The van der Waals surface area contributed by atoms with Crippen molar-refractivity contribution in [3.8, 4) is 11.5 Å². The summed E-state index contributed by atoms with van der Waals surface area (Å²) in [7, 11) is 0. The summed E-state index contributed by atoms with van der Waals surface area (Å²) in [5.74, 6) is 1.37. The van der Waals surface area contributed by atoms with Crippen LogP contribution in [0.3, 0.4) is 0 Å². The van der Waals surface area contributed by atoms with E-state index in [9.17, 15) is 4.79 Å². The molecule has 2 aromatic rings. The third-order valence-corrected chi connectivity index (χ3v) is 3.61. The fourth-order valence-electron chi connectivity index (χ4n) is 2.48. The van der Waals surface area contributed by atoms with E-state index in [-0.39, 0.29) is 24.3 Å². The second-order valence-corrected chi connectivity index (χ2v) is 8.84. The first kappa shape index (κ1) is 24.8. The molecular weight excluding hydrogens is 412 g/mol. The zero-order chi connectivity index (χ0) is 23.6. The highest BCUT2D eigenvalue weighted by Crippen LogP contribution is 2.24. The van der Waals surface area contributed by atoms with Gasteiger partial charge in [0.25, 0.3) is 0 Å². The highest BCUT2D eigenvalue weighted by molar-refractivity contribution is 5.59. The van der Waals surface area contributed by atoms with Crippen LogP contribution in [0, 0.1) is 0 Å². The highest BCUT2D eigenvalue weighted by Gasteiger charge is 2.15. The van der Waals surface area contributed by atoms with Crippen molar-refractivity contribution in [2.24, 2.45) is 20.8 Å². The van der Waals surface area contributed by atoms with E-state index in [0.29, 0.717) is 11.5 Å². The molecule has 2 aromatic carbocycles. The van der Waals surface area contributed by atoms with E-state index < -0.39 is 6.16 Å². The SMILES string of the molecule is CC(C)(C)Oc1ccccc1CN=NOC(=O)ON=NCc1ccccc1OC(C)(C)C. The van der Waals surface area contributed by atoms with Gasteiger partial charge >= 0.3 is 6.16 Å². The molecule has 0 aliphatic carbocycles. The van der Waals surface area contributed by atoms with Crippen LogP contribution in [0.2, 0.25) is 0 Å². The summed E-state index contributed by atoms with van der Waals surface area (Å²) in [6.07, 6.45) is -1.14. The molecule has 0 aliphatic heterocycles. The molecule has 0 amide bonds. The van der Waals surface area contributed by atoms with Crippen molar-refractivity contribution in [2.45, 2.75) is 65.8 Å². The van der Waals surface area contributed by atoms with Crippen LogP contribution in [-0.4, -0.2) is 17.4 Å². The van der Waals surface area contributed by atoms with Gasteiger partial charge in [0.1, 0.15) is 22.7 Å². The van der Waals surface area contributed by atoms with E-state index in [0.717, 1.165) is 11.1 Å². The topological polar surface area (TPSA) is 103 Å². The molecule has 9 heteroatoms. The van der Waals surface area contributed by atoms with Crippen LogP contribution in [0.5, 0.6) is 11.5 Å². The summed E-state index contributed by atoms with van der Waals surface area (Å²) in [5, 5.41) is 14.4. The number of benzene rings is 2. The minimum atomic E-state index is -1.14. The quantitative estimate of drug-likeness (QED) is 0.337. The maximum atomic E-state index is 11.6. The van der Waals surface area contributed by atoms with E-state index in [1.807, 2.05) is 90.1 Å². The lowest BCUT2D eigenvalue weighted by atomic mass is 10.1. The largest absolute Gasteiger partial charge is 0.565 e. The molecule has 0 unspecified atom stereocenters. The summed E-state index contributed by atoms with van der Waals surface area (Å²) in [6.45, 7) is 12.1. The minimum absolute atomic E-state index is 0.172. The fraction of sp³-hybridized carbons (Fsp3) is 0.435. The standard InChI is InChI=1S/C23H30N4O5/c1-22(2,3)29-19-13-9-7-11-17(19)15-24-26-31-21(28)32-27-25-16-18-12-8-10-14-20(18)30-23(4,5)6/h7-14H,15-16H2,1-6H3. The van der Waals surface area contributed by atoms with Gasteiger partial charge in [0.15, 0.2) is 0 Å². The molecule has 0 saturated heterocycles. The normalized spacial score (nSPS) is 12.2. The molecule has 0 spiro atoms. The molecule has 0 aliphatic rings. The Kier molecular flexibility index (Phi) is 8.69. The minimum Gasteiger partial charge on any atom is -0.488 e. The van der Waals surface area contributed by atoms with Gasteiger partial charge in [0.05, 0.1) is 13.1 Å². The number of ether oxygens (including phenoxy) is 2. The second-order valence-electron chi connectivity index (χ2n) is 8.84. The van der Waals surface area contributed by atoms with E-state index in [1.54, 1.807) is 0 Å². The molecule has 0 atom stereocenters. The Morgan fingerprint density at radius 3 is 1.44 bits per heavy atom. The number of nitrogens with zero attached hydrogens (tertiary/aromatic N) is 4. The first-order chi connectivity index (χ1) is 15.0. The van der Waals surface area contributed by atoms with Gasteiger partial charge in [-0.05, 0) is 53.7 Å². The molecule has 0 bridgehead atoms. The highest BCUT2D eigenvalue weighted by atomic mass is 16.9. The third-order valence-electron chi connectivity index (χ3n) is 3.61. The Labute approximate surface area is 188 Å². The average Bonchev–Trinajstić information content (AvgIpc) is 2.68. The Balaban J connectivity index is 1.80. The first-order valence-electron chi connectivity index (χ1n) is 10.2. The van der Waals surface area contributed by atoms with Gasteiger partial charge in [-0.1, -0.05) is 36.4 Å². The molecule has 0 N–H and O–H groups in total. The van der Waals surface area contributed by atoms with E-state index >= 15 is 0 Å². The molecule has 0 saturated carbocycles. The van der Waals surface area contributed by atoms with Crippen molar-refractivity contribution < 1.29 is 23.9 Å². The molecule has 32 heavy (non-hydrogen) atoms. The van der Waals surface area contributed by atoms with Crippen molar-refractivity contribution >= 4 is 6.16 Å². The Morgan fingerprint density at radius 1 is 0.688 bits per heavy atom. The zero-order valence-corrected chi connectivity index (χ0v) is 19.4. The van der Waals surface area contributed by atoms with Gasteiger partial charge in [0.2, 0.25) is 0 Å². The molecule has 172 valence electrons. The van der Waals surface area contributed by atoms with Gasteiger partial charge in [-0.2, -0.15) is 4.79 Å². The van der Waals surface area contributed by atoms with Crippen LogP contribution < -0.4 is 9.47 Å². The summed E-state index contributed by atoms with van der Waals surface area (Å²) in [6, 6.07) is 14.9. The van der Waals surface area contributed by atoms with E-state index in [2.05, 4.69) is 30.5 Å². The number of carbonyl (C=O) groups excluding carboxylic acids is 1. The molecule has 0 aromatic heterocycles. The number of para-hydroxylation sites is 2. The number of rotatable bonds is 8. The lowest BCUT2D eigenvalue weighted by molar-refractivity contribution is 0.0455. The van der Waals surface area contributed by atoms with Crippen LogP contribution in [0.1, 0.15) is 52.7 Å². The van der Waals surface area contributed by atoms with Crippen LogP contribution in [0.4, 0.5) is 4.79 Å². The molecule has 0 heterocycles. The lowest BCUT2D eigenvalue weighted by Crippen LogP contribution is -2.23. The van der Waals surface area contributed by atoms with Crippen molar-refractivity contribution in [1.82, 2.24) is 0 Å². The predicted molar refractivity (Wildman–Crippen MR) is 118 cm³/mol. The lowest BCUT2D eigenvalue weighted by Gasteiger charge is -2.22. The van der Waals surface area contributed by atoms with Crippen molar-refractivity contribution in [3.63, 3.8) is 0 Å². The van der Waals surface area contributed by atoms with Gasteiger partial charge in [-0.25, -0.2) is 0 Å². The number of hydrogen-bond donors (Lipinski definition) is 0. The zero-order valence-electron chi connectivity index (χ0n) is 19.4. The number of carbonyl (C=O) groups is 1. The molecule has 2 rings (SSSR count). The Bertz CT molecular complexity index is 870. The van der Waals surface area contributed by atoms with E-state index in [4.69, 9.17) is 9.47 Å². The molecular formula is C23H30N4O5. The van der Waals surface area contributed by atoms with Crippen molar-refractivity contribution in [3.05, 3.63) is 59.7 Å². The van der Waals surface area contributed by atoms with Crippen LogP contribution >= 0.6 is 0 Å².